The third kappa shape index (κ3) is 5.07. The van der Waals surface area contributed by atoms with Crippen LogP contribution in [0.1, 0.15) is 56.9 Å². The monoisotopic (exact) mass is 300 g/mol. The van der Waals surface area contributed by atoms with Gasteiger partial charge in [-0.3, -0.25) is 0 Å². The van der Waals surface area contributed by atoms with Gasteiger partial charge in [-0.1, -0.05) is 24.4 Å². The average Bonchev–Trinajstić information content (AvgIpc) is 2.64. The Bertz CT molecular complexity index is 372. The molecule has 0 saturated carbocycles. The number of hydrogen-bond acceptors (Lipinski definition) is 3. The second kappa shape index (κ2) is 7.63. The standard InChI is InChI=1S/C15H25ClN2S/c1-11(10-13-6-4-3-5-9-17-13)18-12(2)14-7-8-15(16)19-14/h7-8,11-13,17-18H,3-6,9-10H2,1-2H3. The van der Waals surface area contributed by atoms with Crippen molar-refractivity contribution in [2.45, 2.75) is 64.1 Å². The van der Waals surface area contributed by atoms with Crippen LogP contribution in [0.5, 0.6) is 0 Å². The summed E-state index contributed by atoms with van der Waals surface area (Å²) in [6.07, 6.45) is 6.63. The maximum Gasteiger partial charge on any atom is 0.0931 e. The molecule has 0 amide bonds. The molecule has 0 radical (unpaired) electrons. The lowest BCUT2D eigenvalue weighted by Crippen LogP contribution is -2.37. The first-order valence-electron chi connectivity index (χ1n) is 7.40. The van der Waals surface area contributed by atoms with E-state index in [4.69, 9.17) is 11.6 Å². The zero-order valence-corrected chi connectivity index (χ0v) is 13.5. The summed E-state index contributed by atoms with van der Waals surface area (Å²) in [5, 5.41) is 7.36. The zero-order valence-electron chi connectivity index (χ0n) is 11.9. The van der Waals surface area contributed by atoms with Crippen LogP contribution in [0, 0.1) is 0 Å². The number of thiophene rings is 1. The van der Waals surface area contributed by atoms with Crippen molar-refractivity contribution >= 4 is 22.9 Å². The van der Waals surface area contributed by atoms with Gasteiger partial charge in [0.05, 0.1) is 4.34 Å². The predicted molar refractivity (Wildman–Crippen MR) is 85.2 cm³/mol. The van der Waals surface area contributed by atoms with Crippen LogP contribution in [0.4, 0.5) is 0 Å². The maximum absolute atomic E-state index is 6.00. The summed E-state index contributed by atoms with van der Waals surface area (Å²) in [5.41, 5.74) is 0. The van der Waals surface area contributed by atoms with Crippen molar-refractivity contribution in [2.75, 3.05) is 6.54 Å². The second-order valence-electron chi connectivity index (χ2n) is 5.67. The van der Waals surface area contributed by atoms with Gasteiger partial charge in [0.1, 0.15) is 0 Å². The highest BCUT2D eigenvalue weighted by molar-refractivity contribution is 7.16. The number of hydrogen-bond donors (Lipinski definition) is 2. The molecule has 2 N–H and O–H groups in total. The van der Waals surface area contributed by atoms with Crippen molar-refractivity contribution in [2.24, 2.45) is 0 Å². The highest BCUT2D eigenvalue weighted by Crippen LogP contribution is 2.27. The van der Waals surface area contributed by atoms with Crippen LogP contribution in [0.15, 0.2) is 12.1 Å². The van der Waals surface area contributed by atoms with Crippen molar-refractivity contribution in [3.05, 3.63) is 21.3 Å². The van der Waals surface area contributed by atoms with Crippen molar-refractivity contribution in [1.82, 2.24) is 10.6 Å². The van der Waals surface area contributed by atoms with Gasteiger partial charge in [-0.15, -0.1) is 11.3 Å². The maximum atomic E-state index is 6.00. The average molecular weight is 301 g/mol. The molecule has 1 aliphatic heterocycles. The van der Waals surface area contributed by atoms with Gasteiger partial charge in [-0.05, 0) is 51.8 Å². The van der Waals surface area contributed by atoms with Crippen molar-refractivity contribution in [1.29, 1.82) is 0 Å². The molecule has 2 nitrogen and oxygen atoms in total. The molecule has 2 rings (SSSR count). The van der Waals surface area contributed by atoms with Gasteiger partial charge in [0.25, 0.3) is 0 Å². The highest BCUT2D eigenvalue weighted by Gasteiger charge is 2.17. The second-order valence-corrected chi connectivity index (χ2v) is 7.41. The fraction of sp³-hybridized carbons (Fsp3) is 0.733. The van der Waals surface area contributed by atoms with E-state index in [1.807, 2.05) is 6.07 Å². The summed E-state index contributed by atoms with van der Waals surface area (Å²) in [6.45, 7) is 5.70. The van der Waals surface area contributed by atoms with E-state index in [-0.39, 0.29) is 0 Å². The van der Waals surface area contributed by atoms with E-state index >= 15 is 0 Å². The summed E-state index contributed by atoms with van der Waals surface area (Å²) in [7, 11) is 0. The van der Waals surface area contributed by atoms with Gasteiger partial charge in [-0.25, -0.2) is 0 Å². The van der Waals surface area contributed by atoms with Gasteiger partial charge < -0.3 is 10.6 Å². The van der Waals surface area contributed by atoms with E-state index in [1.165, 1.54) is 43.5 Å². The summed E-state index contributed by atoms with van der Waals surface area (Å²) < 4.78 is 0.877. The van der Waals surface area contributed by atoms with Crippen LogP contribution in [-0.4, -0.2) is 18.6 Å². The highest BCUT2D eigenvalue weighted by atomic mass is 35.5. The van der Waals surface area contributed by atoms with Crippen LogP contribution in [0.25, 0.3) is 0 Å². The Morgan fingerprint density at radius 2 is 2.21 bits per heavy atom. The minimum Gasteiger partial charge on any atom is -0.314 e. The van der Waals surface area contributed by atoms with Gasteiger partial charge >= 0.3 is 0 Å². The van der Waals surface area contributed by atoms with E-state index in [0.717, 1.165) is 4.34 Å². The van der Waals surface area contributed by atoms with E-state index in [9.17, 15) is 0 Å². The van der Waals surface area contributed by atoms with Crippen LogP contribution >= 0.6 is 22.9 Å². The lowest BCUT2D eigenvalue weighted by Gasteiger charge is -2.24. The largest absolute Gasteiger partial charge is 0.314 e. The summed E-state index contributed by atoms with van der Waals surface area (Å²) in [5.74, 6) is 0. The van der Waals surface area contributed by atoms with Gasteiger partial charge in [0.15, 0.2) is 0 Å². The fourth-order valence-electron chi connectivity index (χ4n) is 2.87. The molecule has 108 valence electrons. The Morgan fingerprint density at radius 1 is 1.37 bits per heavy atom. The molecule has 0 aliphatic carbocycles. The van der Waals surface area contributed by atoms with Crippen LogP contribution in [0.2, 0.25) is 4.34 Å². The van der Waals surface area contributed by atoms with Crippen molar-refractivity contribution in [3.8, 4) is 0 Å². The Morgan fingerprint density at radius 3 is 2.95 bits per heavy atom. The first-order chi connectivity index (χ1) is 9.15. The molecular formula is C15H25ClN2S. The molecule has 4 heteroatoms. The number of rotatable bonds is 5. The first kappa shape index (κ1) is 15.3. The Hall–Kier alpha value is -0.0900. The summed E-state index contributed by atoms with van der Waals surface area (Å²) >= 11 is 7.67. The van der Waals surface area contributed by atoms with Crippen LogP contribution < -0.4 is 10.6 Å². The first-order valence-corrected chi connectivity index (χ1v) is 8.59. The van der Waals surface area contributed by atoms with Crippen LogP contribution in [-0.2, 0) is 0 Å². The van der Waals surface area contributed by atoms with E-state index in [2.05, 4.69) is 30.5 Å². The molecule has 1 saturated heterocycles. The molecule has 1 fully saturated rings. The lowest BCUT2D eigenvalue weighted by atomic mass is 10.0. The molecule has 0 bridgehead atoms. The smallest absolute Gasteiger partial charge is 0.0931 e. The summed E-state index contributed by atoms with van der Waals surface area (Å²) in [4.78, 5) is 1.32. The molecular weight excluding hydrogens is 276 g/mol. The third-order valence-electron chi connectivity index (χ3n) is 3.86. The Balaban J connectivity index is 1.78. The normalized spacial score (nSPS) is 23.8. The molecule has 19 heavy (non-hydrogen) atoms. The molecule has 3 atom stereocenters. The molecule has 2 heterocycles. The number of nitrogens with one attached hydrogen (secondary N) is 2. The SMILES string of the molecule is CC(CC1CCCCCN1)NC(C)c1ccc(Cl)s1. The zero-order chi connectivity index (χ0) is 13.7. The van der Waals surface area contributed by atoms with Gasteiger partial charge in [0, 0.05) is 23.0 Å². The van der Waals surface area contributed by atoms with Crippen molar-refractivity contribution < 1.29 is 0 Å². The summed E-state index contributed by atoms with van der Waals surface area (Å²) in [6, 6.07) is 5.72. The number of halogens is 1. The van der Waals surface area contributed by atoms with Crippen LogP contribution in [0.3, 0.4) is 0 Å². The van der Waals surface area contributed by atoms with Gasteiger partial charge in [-0.2, -0.15) is 0 Å². The topological polar surface area (TPSA) is 24.1 Å². The van der Waals surface area contributed by atoms with E-state index in [0.29, 0.717) is 18.1 Å². The molecule has 0 spiro atoms. The molecule has 1 aromatic heterocycles. The fourth-order valence-corrected chi connectivity index (χ4v) is 3.94. The van der Waals surface area contributed by atoms with E-state index in [1.54, 1.807) is 11.3 Å². The lowest BCUT2D eigenvalue weighted by molar-refractivity contribution is 0.382. The van der Waals surface area contributed by atoms with Gasteiger partial charge in [0.2, 0.25) is 0 Å². The van der Waals surface area contributed by atoms with E-state index < -0.39 is 0 Å². The quantitative estimate of drug-likeness (QED) is 0.844. The Kier molecular flexibility index (Phi) is 6.14. The molecule has 1 aliphatic rings. The Labute approximate surface area is 125 Å². The predicted octanol–water partition coefficient (Wildman–Crippen LogP) is 4.36. The third-order valence-corrected chi connectivity index (χ3v) is 5.27. The molecule has 1 aromatic rings. The van der Waals surface area contributed by atoms with Crippen molar-refractivity contribution in [3.63, 3.8) is 0 Å². The minimum absolute atomic E-state index is 0.387. The minimum atomic E-state index is 0.387. The molecule has 3 unspecified atom stereocenters. The molecule has 0 aromatic carbocycles.